The highest BCUT2D eigenvalue weighted by Gasteiger charge is 2.52. The van der Waals surface area contributed by atoms with E-state index in [0.717, 1.165) is 43.5 Å². The summed E-state index contributed by atoms with van der Waals surface area (Å²) in [4.78, 5) is 2.26. The first-order valence-corrected chi connectivity index (χ1v) is 20.3. The van der Waals surface area contributed by atoms with Gasteiger partial charge in [0.05, 0.1) is 53.4 Å². The zero-order valence-corrected chi connectivity index (χ0v) is 33.0. The summed E-state index contributed by atoms with van der Waals surface area (Å²) in [5.41, 5.74) is 2.09. The minimum atomic E-state index is -2.91. The third-order valence-corrected chi connectivity index (χ3v) is 14.2. The van der Waals surface area contributed by atoms with Crippen molar-refractivity contribution in [3.8, 4) is 17.2 Å². The number of hydrogen-bond donors (Lipinski definition) is 1. The Kier molecular flexibility index (Phi) is 16.7. The molecule has 52 heavy (non-hydrogen) atoms. The average molecular weight is 730 g/mol. The second kappa shape index (κ2) is 21.1. The van der Waals surface area contributed by atoms with Gasteiger partial charge >= 0.3 is 8.32 Å². The van der Waals surface area contributed by atoms with Crippen molar-refractivity contribution in [1.29, 1.82) is 0 Å². The van der Waals surface area contributed by atoms with Crippen molar-refractivity contribution in [3.63, 3.8) is 0 Å². The van der Waals surface area contributed by atoms with Crippen LogP contribution in [0.3, 0.4) is 0 Å². The normalized spacial score (nSPS) is 12.5. The number of rotatable bonds is 23. The molecular formula is C43H59NO7Si. The molecule has 0 aliphatic carbocycles. The molecule has 0 bridgehead atoms. The first-order valence-electron chi connectivity index (χ1n) is 18.4. The van der Waals surface area contributed by atoms with Crippen LogP contribution < -0.4 is 24.3 Å². The van der Waals surface area contributed by atoms with E-state index in [1.807, 2.05) is 42.5 Å². The largest absolute Gasteiger partial charge is 0.531 e. The maximum absolute atomic E-state index is 9.34. The molecule has 282 valence electrons. The van der Waals surface area contributed by atoms with E-state index in [1.54, 1.807) is 14.2 Å². The predicted octanol–water partition coefficient (Wildman–Crippen LogP) is 6.86. The van der Waals surface area contributed by atoms with Gasteiger partial charge in [0.15, 0.2) is 11.5 Å². The molecule has 0 saturated heterocycles. The van der Waals surface area contributed by atoms with Crippen LogP contribution >= 0.6 is 0 Å². The Labute approximate surface area is 312 Å². The Hall–Kier alpha value is -3.70. The molecule has 9 heteroatoms. The molecule has 0 fully saturated rings. The first-order chi connectivity index (χ1) is 25.2. The second-order valence-corrected chi connectivity index (χ2v) is 18.4. The fourth-order valence-corrected chi connectivity index (χ4v) is 10.9. The Morgan fingerprint density at radius 1 is 0.673 bits per heavy atom. The molecule has 0 aliphatic heterocycles. The van der Waals surface area contributed by atoms with Crippen molar-refractivity contribution in [1.82, 2.24) is 4.90 Å². The van der Waals surface area contributed by atoms with E-state index in [1.165, 1.54) is 10.4 Å². The van der Waals surface area contributed by atoms with E-state index < -0.39 is 8.32 Å². The van der Waals surface area contributed by atoms with Gasteiger partial charge in [-0.25, -0.2) is 0 Å². The molecule has 1 unspecified atom stereocenters. The number of benzene rings is 4. The maximum Gasteiger partial charge on any atom is 0.320 e. The average Bonchev–Trinajstić information content (AvgIpc) is 3.16. The summed E-state index contributed by atoms with van der Waals surface area (Å²) < 4.78 is 37.3. The molecule has 0 spiro atoms. The van der Waals surface area contributed by atoms with Crippen LogP contribution in [-0.4, -0.2) is 85.2 Å². The van der Waals surface area contributed by atoms with E-state index >= 15 is 0 Å². The quantitative estimate of drug-likeness (QED) is 0.0656. The van der Waals surface area contributed by atoms with E-state index in [9.17, 15) is 5.11 Å². The lowest BCUT2D eigenvalue weighted by Gasteiger charge is -2.43. The highest BCUT2D eigenvalue weighted by Crippen LogP contribution is 2.44. The minimum Gasteiger partial charge on any atom is -0.531 e. The summed E-state index contributed by atoms with van der Waals surface area (Å²) in [6.07, 6.45) is 2.60. The zero-order chi connectivity index (χ0) is 37.2. The highest BCUT2D eigenvalue weighted by molar-refractivity contribution is 7.00. The number of methoxy groups -OCH3 is 2. The number of nitrogens with zero attached hydrogens (tertiary/aromatic N) is 1. The molecule has 0 aromatic heterocycles. The van der Waals surface area contributed by atoms with Crippen LogP contribution in [0, 0.1) is 0 Å². The fraction of sp³-hybridized carbons (Fsp3) is 0.442. The van der Waals surface area contributed by atoms with Crippen LogP contribution in [-0.2, 0) is 27.4 Å². The lowest BCUT2D eigenvalue weighted by molar-refractivity contribution is 0.0148. The van der Waals surface area contributed by atoms with Gasteiger partial charge in [-0.3, -0.25) is 0 Å². The van der Waals surface area contributed by atoms with Crippen LogP contribution in [0.1, 0.15) is 51.2 Å². The van der Waals surface area contributed by atoms with Gasteiger partial charge in [0.25, 0.3) is 0 Å². The molecule has 0 saturated carbocycles. The number of likely N-dealkylation sites (N-methyl/N-ethyl adjacent to an activating group) is 1. The molecule has 4 aromatic carbocycles. The SMILES string of the molecule is COc1cc(COCCOCCN(C)CCC(CCCO)OCc2ccccc2)cc(O[Si](c2ccccc2)(c2ccccc2)C(C)(C)C)c1OC. The molecular weight excluding hydrogens is 671 g/mol. The van der Waals surface area contributed by atoms with E-state index in [2.05, 4.69) is 93.4 Å². The Morgan fingerprint density at radius 2 is 1.27 bits per heavy atom. The summed E-state index contributed by atoms with van der Waals surface area (Å²) in [6.45, 7) is 11.2. The van der Waals surface area contributed by atoms with Gasteiger partial charge in [-0.2, -0.15) is 0 Å². The zero-order valence-electron chi connectivity index (χ0n) is 32.0. The summed E-state index contributed by atoms with van der Waals surface area (Å²) in [5.74, 6) is 1.80. The first kappa shape index (κ1) is 41.1. The van der Waals surface area contributed by atoms with Crippen molar-refractivity contribution in [2.45, 2.75) is 64.4 Å². The lowest BCUT2D eigenvalue weighted by Crippen LogP contribution is -2.68. The van der Waals surface area contributed by atoms with Crippen LogP contribution in [0.25, 0.3) is 0 Å². The lowest BCUT2D eigenvalue weighted by atomic mass is 10.1. The maximum atomic E-state index is 9.34. The monoisotopic (exact) mass is 729 g/mol. The smallest absolute Gasteiger partial charge is 0.320 e. The molecule has 0 radical (unpaired) electrons. The van der Waals surface area contributed by atoms with E-state index in [4.69, 9.17) is 28.1 Å². The number of ether oxygens (including phenoxy) is 5. The van der Waals surface area contributed by atoms with Crippen molar-refractivity contribution in [3.05, 3.63) is 114 Å². The van der Waals surface area contributed by atoms with Crippen LogP contribution in [0.4, 0.5) is 0 Å². The van der Waals surface area contributed by atoms with Crippen molar-refractivity contribution >= 4 is 18.7 Å². The van der Waals surface area contributed by atoms with E-state index in [0.29, 0.717) is 50.3 Å². The Morgan fingerprint density at radius 3 is 1.85 bits per heavy atom. The van der Waals surface area contributed by atoms with Crippen LogP contribution in [0.5, 0.6) is 17.2 Å². The third kappa shape index (κ3) is 11.7. The van der Waals surface area contributed by atoms with Crippen molar-refractivity contribution in [2.24, 2.45) is 0 Å². The van der Waals surface area contributed by atoms with E-state index in [-0.39, 0.29) is 17.7 Å². The topological polar surface area (TPSA) is 78.9 Å². The standard InChI is InChI=1S/C43H59NO7Si/c1-43(2,3)52(38-20-12-8-13-21-38,39-22-14-9-15-23-39)51-41-32-36(31-40(46-5)42(41)47-6)33-49-30-29-48-28-26-44(4)25-24-37(19-16-27-45)50-34-35-17-10-7-11-18-35/h7-15,17-18,20-23,31-32,37,45H,16,19,24-30,33-34H2,1-6H3. The van der Waals surface area contributed by atoms with Gasteiger partial charge in [0.1, 0.15) is 0 Å². The van der Waals surface area contributed by atoms with Gasteiger partial charge < -0.3 is 38.1 Å². The van der Waals surface area contributed by atoms with Gasteiger partial charge in [-0.05, 0) is 65.0 Å². The summed E-state index contributed by atoms with van der Waals surface area (Å²) in [6, 6.07) is 35.3. The highest BCUT2D eigenvalue weighted by atomic mass is 28.4. The Balaban J connectivity index is 1.32. The van der Waals surface area contributed by atoms with Crippen LogP contribution in [0.2, 0.25) is 5.04 Å². The molecule has 1 atom stereocenters. The van der Waals surface area contributed by atoms with Crippen molar-refractivity contribution < 1.29 is 33.2 Å². The van der Waals surface area contributed by atoms with Gasteiger partial charge in [0, 0.05) is 19.7 Å². The minimum absolute atomic E-state index is 0.107. The third-order valence-electron chi connectivity index (χ3n) is 9.29. The molecule has 0 aliphatic rings. The molecule has 0 amide bonds. The Bertz CT molecular complexity index is 1530. The molecule has 1 N–H and O–H groups in total. The molecule has 4 aromatic rings. The number of hydrogen-bond acceptors (Lipinski definition) is 8. The van der Waals surface area contributed by atoms with Crippen molar-refractivity contribution in [2.75, 3.05) is 60.8 Å². The summed E-state index contributed by atoms with van der Waals surface area (Å²) >= 11 is 0. The fourth-order valence-electron chi connectivity index (χ4n) is 6.48. The molecule has 0 heterocycles. The van der Waals surface area contributed by atoms with Gasteiger partial charge in [-0.1, -0.05) is 112 Å². The number of aliphatic hydroxyl groups excluding tert-OH is 1. The summed E-state index contributed by atoms with van der Waals surface area (Å²) in [5, 5.41) is 11.5. The predicted molar refractivity (Wildman–Crippen MR) is 212 cm³/mol. The van der Waals surface area contributed by atoms with Gasteiger partial charge in [-0.15, -0.1) is 0 Å². The van der Waals surface area contributed by atoms with Gasteiger partial charge in [0.2, 0.25) is 5.75 Å². The molecule has 4 rings (SSSR count). The molecule has 8 nitrogen and oxygen atoms in total. The summed E-state index contributed by atoms with van der Waals surface area (Å²) in [7, 11) is 2.48. The number of aliphatic hydroxyl groups is 1. The second-order valence-electron chi connectivity index (χ2n) is 14.1. The van der Waals surface area contributed by atoms with Crippen LogP contribution in [0.15, 0.2) is 103 Å².